The number of methoxy groups -OCH3 is 1. The van der Waals surface area contributed by atoms with Crippen molar-refractivity contribution >= 4 is 11.6 Å². The first-order valence-electron chi connectivity index (χ1n) is 5.59. The van der Waals surface area contributed by atoms with Gasteiger partial charge in [0, 0.05) is 13.0 Å². The Bertz CT molecular complexity index is 413. The van der Waals surface area contributed by atoms with Gasteiger partial charge in [-0.25, -0.2) is 0 Å². The molecule has 0 saturated heterocycles. The molecule has 0 bridgehead atoms. The van der Waals surface area contributed by atoms with Gasteiger partial charge in [0.2, 0.25) is 0 Å². The second kappa shape index (κ2) is 7.16. The van der Waals surface area contributed by atoms with Crippen molar-refractivity contribution in [2.45, 2.75) is 26.3 Å². The van der Waals surface area contributed by atoms with Crippen LogP contribution in [0.4, 0.5) is 0 Å². The molecule has 1 aromatic carbocycles. The van der Waals surface area contributed by atoms with Gasteiger partial charge in [0.1, 0.15) is 5.75 Å². The topological polar surface area (TPSA) is 45.0 Å². The second-order valence-electron chi connectivity index (χ2n) is 3.85. The standard InChI is InChI=1S/C13H17ClN2O/c1-10-7-13(17-2)12(14)8-11(10)9-16-6-4-3-5-15/h7-8,16H,3-4,6,9H2,1-2H3. The summed E-state index contributed by atoms with van der Waals surface area (Å²) in [5, 5.41) is 12.3. The number of benzene rings is 1. The van der Waals surface area contributed by atoms with Crippen molar-refractivity contribution in [2.75, 3.05) is 13.7 Å². The summed E-state index contributed by atoms with van der Waals surface area (Å²) in [5.74, 6) is 0.706. The quantitative estimate of drug-likeness (QED) is 0.792. The number of halogens is 1. The van der Waals surface area contributed by atoms with Crippen molar-refractivity contribution in [1.29, 1.82) is 5.26 Å². The molecular weight excluding hydrogens is 236 g/mol. The minimum absolute atomic E-state index is 0.593. The highest BCUT2D eigenvalue weighted by molar-refractivity contribution is 6.32. The van der Waals surface area contributed by atoms with Crippen molar-refractivity contribution < 1.29 is 4.74 Å². The van der Waals surface area contributed by atoms with Crippen LogP contribution in [0.3, 0.4) is 0 Å². The van der Waals surface area contributed by atoms with Gasteiger partial charge in [-0.2, -0.15) is 5.26 Å². The summed E-state index contributed by atoms with van der Waals surface area (Å²) in [6.07, 6.45) is 1.47. The lowest BCUT2D eigenvalue weighted by atomic mass is 10.1. The maximum absolute atomic E-state index is 8.41. The van der Waals surface area contributed by atoms with Crippen LogP contribution in [0.2, 0.25) is 5.02 Å². The molecule has 0 aliphatic heterocycles. The van der Waals surface area contributed by atoms with E-state index < -0.39 is 0 Å². The van der Waals surface area contributed by atoms with E-state index in [1.165, 1.54) is 0 Å². The van der Waals surface area contributed by atoms with Crippen molar-refractivity contribution in [3.05, 3.63) is 28.3 Å². The fourth-order valence-corrected chi connectivity index (χ4v) is 1.82. The third kappa shape index (κ3) is 4.26. The highest BCUT2D eigenvalue weighted by atomic mass is 35.5. The van der Waals surface area contributed by atoms with Gasteiger partial charge in [-0.3, -0.25) is 0 Å². The SMILES string of the molecule is COc1cc(C)c(CNCCCC#N)cc1Cl. The average molecular weight is 253 g/mol. The van der Waals surface area contributed by atoms with Crippen molar-refractivity contribution in [1.82, 2.24) is 5.32 Å². The highest BCUT2D eigenvalue weighted by Gasteiger charge is 2.05. The van der Waals surface area contributed by atoms with E-state index in [4.69, 9.17) is 21.6 Å². The maximum Gasteiger partial charge on any atom is 0.137 e. The van der Waals surface area contributed by atoms with Crippen molar-refractivity contribution in [3.63, 3.8) is 0 Å². The lowest BCUT2D eigenvalue weighted by Crippen LogP contribution is -2.15. The summed E-state index contributed by atoms with van der Waals surface area (Å²) < 4.78 is 5.15. The number of nitriles is 1. The van der Waals surface area contributed by atoms with Crippen molar-refractivity contribution in [3.8, 4) is 11.8 Å². The summed E-state index contributed by atoms with van der Waals surface area (Å²) in [5.41, 5.74) is 2.31. The first-order chi connectivity index (χ1) is 8.19. The Kier molecular flexibility index (Phi) is 5.82. The lowest BCUT2D eigenvalue weighted by Gasteiger charge is -2.10. The van der Waals surface area contributed by atoms with Crippen molar-refractivity contribution in [2.24, 2.45) is 0 Å². The molecule has 0 aliphatic carbocycles. The molecule has 0 spiro atoms. The van der Waals surface area contributed by atoms with E-state index in [2.05, 4.69) is 11.4 Å². The zero-order chi connectivity index (χ0) is 12.7. The molecule has 0 atom stereocenters. The third-order valence-corrected chi connectivity index (χ3v) is 2.86. The second-order valence-corrected chi connectivity index (χ2v) is 4.26. The first kappa shape index (κ1) is 13.8. The minimum Gasteiger partial charge on any atom is -0.495 e. The number of unbranched alkanes of at least 4 members (excludes halogenated alkanes) is 1. The van der Waals surface area contributed by atoms with Gasteiger partial charge in [0.15, 0.2) is 0 Å². The van der Waals surface area contributed by atoms with Gasteiger partial charge in [-0.1, -0.05) is 11.6 Å². The van der Waals surface area contributed by atoms with E-state index in [0.29, 0.717) is 17.2 Å². The van der Waals surface area contributed by atoms with Gasteiger partial charge in [0.25, 0.3) is 0 Å². The molecule has 1 N–H and O–H groups in total. The lowest BCUT2D eigenvalue weighted by molar-refractivity contribution is 0.414. The van der Waals surface area contributed by atoms with Crippen LogP contribution in [0.5, 0.6) is 5.75 Å². The van der Waals surface area contributed by atoms with Crippen LogP contribution in [-0.2, 0) is 6.54 Å². The summed E-state index contributed by atoms with van der Waals surface area (Å²) in [7, 11) is 1.61. The Morgan fingerprint density at radius 2 is 2.24 bits per heavy atom. The Balaban J connectivity index is 2.54. The molecule has 3 nitrogen and oxygen atoms in total. The zero-order valence-electron chi connectivity index (χ0n) is 10.2. The highest BCUT2D eigenvalue weighted by Crippen LogP contribution is 2.27. The molecule has 0 unspecified atom stereocenters. The van der Waals surface area contributed by atoms with E-state index in [1.54, 1.807) is 7.11 Å². The van der Waals surface area contributed by atoms with Gasteiger partial charge < -0.3 is 10.1 Å². The van der Waals surface area contributed by atoms with Gasteiger partial charge in [-0.05, 0) is 43.1 Å². The molecule has 0 fully saturated rings. The molecule has 92 valence electrons. The number of hydrogen-bond acceptors (Lipinski definition) is 3. The molecule has 0 heterocycles. The largest absolute Gasteiger partial charge is 0.495 e. The Hall–Kier alpha value is -1.24. The van der Waals surface area contributed by atoms with Crippen LogP contribution < -0.4 is 10.1 Å². The predicted octanol–water partition coefficient (Wildman–Crippen LogP) is 3.05. The van der Waals surface area contributed by atoms with E-state index in [9.17, 15) is 0 Å². The van der Waals surface area contributed by atoms with E-state index in [0.717, 1.165) is 30.6 Å². The molecule has 1 aromatic rings. The van der Waals surface area contributed by atoms with Crippen LogP contribution in [0.1, 0.15) is 24.0 Å². The monoisotopic (exact) mass is 252 g/mol. The molecule has 4 heteroatoms. The Morgan fingerprint density at radius 3 is 2.88 bits per heavy atom. The number of hydrogen-bond donors (Lipinski definition) is 1. The van der Waals surface area contributed by atoms with Gasteiger partial charge in [0.05, 0.1) is 18.2 Å². The molecule has 0 aliphatic rings. The zero-order valence-corrected chi connectivity index (χ0v) is 11.0. The van der Waals surface area contributed by atoms with Gasteiger partial charge in [-0.15, -0.1) is 0 Å². The first-order valence-corrected chi connectivity index (χ1v) is 5.97. The number of nitrogens with one attached hydrogen (secondary N) is 1. The number of rotatable bonds is 6. The summed E-state index contributed by atoms with van der Waals surface area (Å²) in [6, 6.07) is 5.99. The predicted molar refractivity (Wildman–Crippen MR) is 69.3 cm³/mol. The van der Waals surface area contributed by atoms with E-state index in [-0.39, 0.29) is 0 Å². The maximum atomic E-state index is 8.41. The molecular formula is C13H17ClN2O. The van der Waals surface area contributed by atoms with Crippen LogP contribution >= 0.6 is 11.6 Å². The van der Waals surface area contributed by atoms with Crippen LogP contribution in [0.25, 0.3) is 0 Å². The van der Waals surface area contributed by atoms with E-state index >= 15 is 0 Å². The normalized spacial score (nSPS) is 10.0. The third-order valence-electron chi connectivity index (χ3n) is 2.57. The molecule has 0 aromatic heterocycles. The van der Waals surface area contributed by atoms with Crippen LogP contribution in [0, 0.1) is 18.3 Å². The Morgan fingerprint density at radius 1 is 1.47 bits per heavy atom. The summed E-state index contributed by atoms with van der Waals surface area (Å²) >= 11 is 6.07. The average Bonchev–Trinajstić information content (AvgIpc) is 2.32. The molecule has 0 amide bonds. The van der Waals surface area contributed by atoms with Crippen LogP contribution in [-0.4, -0.2) is 13.7 Å². The number of aryl methyl sites for hydroxylation is 1. The van der Waals surface area contributed by atoms with Gasteiger partial charge >= 0.3 is 0 Å². The molecule has 1 rings (SSSR count). The fourth-order valence-electron chi connectivity index (χ4n) is 1.56. The Labute approximate surface area is 107 Å². The molecule has 0 radical (unpaired) electrons. The summed E-state index contributed by atoms with van der Waals surface area (Å²) in [6.45, 7) is 3.64. The smallest absolute Gasteiger partial charge is 0.137 e. The summed E-state index contributed by atoms with van der Waals surface area (Å²) in [4.78, 5) is 0. The molecule has 17 heavy (non-hydrogen) atoms. The minimum atomic E-state index is 0.593. The molecule has 0 saturated carbocycles. The number of ether oxygens (including phenoxy) is 1. The number of nitrogens with zero attached hydrogens (tertiary/aromatic N) is 1. The fraction of sp³-hybridized carbons (Fsp3) is 0.462. The van der Waals surface area contributed by atoms with Crippen LogP contribution in [0.15, 0.2) is 12.1 Å². The van der Waals surface area contributed by atoms with E-state index in [1.807, 2.05) is 19.1 Å².